The van der Waals surface area contributed by atoms with E-state index in [0.29, 0.717) is 0 Å². The van der Waals surface area contributed by atoms with Gasteiger partial charge in [-0.25, -0.2) is 4.98 Å². The summed E-state index contributed by atoms with van der Waals surface area (Å²) in [6.07, 6.45) is 3.37. The maximum atomic E-state index is 5.28. The first-order valence-electron chi connectivity index (χ1n) is 6.01. The number of hydrogen-bond donors (Lipinski definition) is 2. The van der Waals surface area contributed by atoms with Crippen LogP contribution in [0, 0.1) is 12.0 Å². The molecule has 5 heteroatoms. The summed E-state index contributed by atoms with van der Waals surface area (Å²) in [5.74, 6) is 4.33. The van der Waals surface area contributed by atoms with Gasteiger partial charge < -0.3 is 15.5 Å². The van der Waals surface area contributed by atoms with Crippen LogP contribution >= 0.6 is 0 Å². The Bertz CT molecular complexity index is 826. The van der Waals surface area contributed by atoms with E-state index in [1.807, 2.05) is 24.3 Å². The molecule has 0 fully saturated rings. The van der Waals surface area contributed by atoms with Crippen molar-refractivity contribution in [2.45, 2.75) is 0 Å². The Hall–Kier alpha value is -3.00. The minimum Gasteiger partial charge on any atom is -0.497 e. The van der Waals surface area contributed by atoms with Crippen molar-refractivity contribution < 1.29 is 4.74 Å². The molecular weight excluding hydrogens is 252 g/mol. The lowest BCUT2D eigenvalue weighted by atomic mass is 10.1. The number of H-pyrrole nitrogens is 1. The van der Waals surface area contributed by atoms with Crippen molar-refractivity contribution in [2.24, 2.45) is 5.73 Å². The average molecular weight is 264 g/mol. The third-order valence-electron chi connectivity index (χ3n) is 2.97. The first kappa shape index (κ1) is 12.1. The lowest BCUT2D eigenvalue weighted by Gasteiger charge is -1.99. The maximum Gasteiger partial charge on any atom is 0.139 e. The first-order chi connectivity index (χ1) is 9.81. The number of ether oxygens (including phenoxy) is 1. The van der Waals surface area contributed by atoms with Crippen LogP contribution in [0.2, 0.25) is 0 Å². The molecule has 98 valence electrons. The highest BCUT2D eigenvalue weighted by atomic mass is 16.5. The minimum absolute atomic E-state index is 0.730. The number of aromatic nitrogens is 3. The van der Waals surface area contributed by atoms with E-state index >= 15 is 0 Å². The third-order valence-corrected chi connectivity index (χ3v) is 2.97. The Morgan fingerprint density at radius 1 is 1.30 bits per heavy atom. The van der Waals surface area contributed by atoms with Crippen molar-refractivity contribution in [3.05, 3.63) is 42.2 Å². The van der Waals surface area contributed by atoms with Crippen molar-refractivity contribution in [3.63, 3.8) is 0 Å². The summed E-state index contributed by atoms with van der Waals surface area (Å²) in [7, 11) is 1.64. The molecule has 0 atom stereocenters. The molecule has 3 aromatic rings. The maximum absolute atomic E-state index is 5.28. The molecule has 2 heterocycles. The number of pyridine rings is 1. The zero-order chi connectivity index (χ0) is 13.9. The summed E-state index contributed by atoms with van der Waals surface area (Å²) in [6.45, 7) is 0. The largest absolute Gasteiger partial charge is 0.497 e. The van der Waals surface area contributed by atoms with Crippen molar-refractivity contribution in [1.29, 1.82) is 0 Å². The highest BCUT2D eigenvalue weighted by Gasteiger charge is 2.09. The van der Waals surface area contributed by atoms with Gasteiger partial charge in [0, 0.05) is 30.1 Å². The van der Waals surface area contributed by atoms with E-state index in [-0.39, 0.29) is 0 Å². The van der Waals surface area contributed by atoms with Crippen LogP contribution in [0.5, 0.6) is 5.75 Å². The highest BCUT2D eigenvalue weighted by molar-refractivity contribution is 5.81. The zero-order valence-corrected chi connectivity index (χ0v) is 10.8. The van der Waals surface area contributed by atoms with Gasteiger partial charge in [-0.1, -0.05) is 0 Å². The smallest absolute Gasteiger partial charge is 0.139 e. The standard InChI is InChI=1S/C15H12N4O/c1-20-11-2-3-13-14(8-11)19-15(18-13)12-5-7-17-9-10(12)4-6-16/h2-3,5,7-9H,16H2,1H3,(H,18,19). The number of methoxy groups -OCH3 is 1. The van der Waals surface area contributed by atoms with E-state index in [4.69, 9.17) is 10.5 Å². The van der Waals surface area contributed by atoms with Crippen LogP contribution in [0.1, 0.15) is 5.56 Å². The molecule has 3 rings (SSSR count). The predicted octanol–water partition coefficient (Wildman–Crippen LogP) is 1.90. The van der Waals surface area contributed by atoms with E-state index < -0.39 is 0 Å². The number of hydrogen-bond acceptors (Lipinski definition) is 4. The topological polar surface area (TPSA) is 76.8 Å². The van der Waals surface area contributed by atoms with Gasteiger partial charge in [-0.2, -0.15) is 0 Å². The molecule has 3 N–H and O–H groups in total. The number of nitrogens with one attached hydrogen (secondary N) is 1. The SMILES string of the molecule is COc1ccc2nc(-c3ccncc3C#CN)[nH]c2c1. The molecule has 2 aromatic heterocycles. The summed E-state index contributed by atoms with van der Waals surface area (Å²) < 4.78 is 5.20. The zero-order valence-electron chi connectivity index (χ0n) is 10.8. The molecule has 0 saturated carbocycles. The number of imidazole rings is 1. The van der Waals surface area contributed by atoms with Crippen molar-refractivity contribution in [3.8, 4) is 29.1 Å². The third kappa shape index (κ3) is 2.04. The predicted molar refractivity (Wildman–Crippen MR) is 76.9 cm³/mol. The quantitative estimate of drug-likeness (QED) is 0.547. The van der Waals surface area contributed by atoms with Crippen molar-refractivity contribution in [1.82, 2.24) is 15.0 Å². The van der Waals surface area contributed by atoms with Crippen molar-refractivity contribution in [2.75, 3.05) is 7.11 Å². The Morgan fingerprint density at radius 2 is 2.20 bits per heavy atom. The molecule has 0 spiro atoms. The molecule has 0 aliphatic rings. The van der Waals surface area contributed by atoms with Crippen LogP contribution < -0.4 is 10.5 Å². The van der Waals surface area contributed by atoms with Crippen LogP contribution in [0.4, 0.5) is 0 Å². The average Bonchev–Trinajstić information content (AvgIpc) is 2.90. The fourth-order valence-corrected chi connectivity index (χ4v) is 2.02. The molecular formula is C15H12N4O. The van der Waals surface area contributed by atoms with Crippen LogP contribution in [-0.4, -0.2) is 22.1 Å². The second-order valence-electron chi connectivity index (χ2n) is 4.16. The Balaban J connectivity index is 2.17. The molecule has 0 aliphatic heterocycles. The highest BCUT2D eigenvalue weighted by Crippen LogP contribution is 2.25. The van der Waals surface area contributed by atoms with Gasteiger partial charge in [-0.15, -0.1) is 0 Å². The number of aromatic amines is 1. The molecule has 5 nitrogen and oxygen atoms in total. The Labute approximate surface area is 115 Å². The van der Waals surface area contributed by atoms with E-state index in [9.17, 15) is 0 Å². The summed E-state index contributed by atoms with van der Waals surface area (Å²) in [4.78, 5) is 11.9. The second-order valence-corrected chi connectivity index (χ2v) is 4.16. The number of nitrogens with two attached hydrogens (primary N) is 1. The monoisotopic (exact) mass is 264 g/mol. The van der Waals surface area contributed by atoms with Gasteiger partial charge in [0.05, 0.1) is 23.7 Å². The normalized spacial score (nSPS) is 10.1. The Kier molecular flexibility index (Phi) is 2.98. The van der Waals surface area contributed by atoms with E-state index in [0.717, 1.165) is 33.7 Å². The lowest BCUT2D eigenvalue weighted by molar-refractivity contribution is 0.415. The molecule has 0 amide bonds. The summed E-state index contributed by atoms with van der Waals surface area (Å²) in [5, 5.41) is 0. The van der Waals surface area contributed by atoms with E-state index in [1.165, 1.54) is 0 Å². The fourth-order valence-electron chi connectivity index (χ4n) is 2.02. The fraction of sp³-hybridized carbons (Fsp3) is 0.0667. The van der Waals surface area contributed by atoms with Gasteiger partial charge in [-0.3, -0.25) is 4.98 Å². The van der Waals surface area contributed by atoms with E-state index in [2.05, 4.69) is 26.9 Å². The molecule has 20 heavy (non-hydrogen) atoms. The molecule has 0 radical (unpaired) electrons. The van der Waals surface area contributed by atoms with Crippen molar-refractivity contribution >= 4 is 11.0 Å². The number of nitrogens with zero attached hydrogens (tertiary/aromatic N) is 2. The van der Waals surface area contributed by atoms with Crippen LogP contribution in [0.3, 0.4) is 0 Å². The van der Waals surface area contributed by atoms with Crippen LogP contribution in [-0.2, 0) is 0 Å². The summed E-state index contributed by atoms with van der Waals surface area (Å²) in [5.41, 5.74) is 8.66. The molecule has 1 aromatic carbocycles. The van der Waals surface area contributed by atoms with Gasteiger partial charge in [0.1, 0.15) is 11.6 Å². The van der Waals surface area contributed by atoms with Gasteiger partial charge in [0.2, 0.25) is 0 Å². The van der Waals surface area contributed by atoms with Gasteiger partial charge in [-0.05, 0) is 24.1 Å². The van der Waals surface area contributed by atoms with Gasteiger partial charge >= 0.3 is 0 Å². The van der Waals surface area contributed by atoms with Gasteiger partial charge in [0.15, 0.2) is 0 Å². The lowest BCUT2D eigenvalue weighted by Crippen LogP contribution is -1.89. The van der Waals surface area contributed by atoms with Gasteiger partial charge in [0.25, 0.3) is 0 Å². The number of benzene rings is 1. The molecule has 0 aliphatic carbocycles. The first-order valence-corrected chi connectivity index (χ1v) is 6.01. The summed E-state index contributed by atoms with van der Waals surface area (Å²) in [6, 6.07) is 9.94. The number of rotatable bonds is 2. The molecule has 0 unspecified atom stereocenters. The van der Waals surface area contributed by atoms with E-state index in [1.54, 1.807) is 19.5 Å². The Morgan fingerprint density at radius 3 is 3.00 bits per heavy atom. The molecule has 0 saturated heterocycles. The molecule has 0 bridgehead atoms. The summed E-state index contributed by atoms with van der Waals surface area (Å²) >= 11 is 0. The van der Waals surface area contributed by atoms with Crippen LogP contribution in [0.25, 0.3) is 22.4 Å². The minimum atomic E-state index is 0.730. The number of fused-ring (bicyclic) bond motifs is 1. The second kappa shape index (κ2) is 4.94. The van der Waals surface area contributed by atoms with Crippen LogP contribution in [0.15, 0.2) is 36.7 Å².